The summed E-state index contributed by atoms with van der Waals surface area (Å²) in [4.78, 5) is 12.4. The summed E-state index contributed by atoms with van der Waals surface area (Å²) in [5.41, 5.74) is -1.46. The SMILES string of the molecule is CCNS(=O)(=O)c1ccc(OC)c(C(=O)Nc2cc(C(F)(F)F)ccc2Cl)c1. The average molecular weight is 437 g/mol. The second-order valence-corrected chi connectivity index (χ2v) is 7.68. The van der Waals surface area contributed by atoms with Gasteiger partial charge in [-0.2, -0.15) is 13.2 Å². The van der Waals surface area contributed by atoms with Crippen molar-refractivity contribution < 1.29 is 31.1 Å². The number of alkyl halides is 3. The Morgan fingerprint density at radius 1 is 1.18 bits per heavy atom. The van der Waals surface area contributed by atoms with Gasteiger partial charge in [-0.15, -0.1) is 0 Å². The summed E-state index contributed by atoms with van der Waals surface area (Å²) in [5.74, 6) is -0.845. The molecular formula is C17H16ClF3N2O4S. The Kier molecular flexibility index (Phi) is 6.58. The van der Waals surface area contributed by atoms with Gasteiger partial charge in [0.1, 0.15) is 5.75 Å². The number of ether oxygens (including phenoxy) is 1. The van der Waals surface area contributed by atoms with Gasteiger partial charge in [-0.25, -0.2) is 13.1 Å². The molecule has 0 aromatic heterocycles. The molecule has 6 nitrogen and oxygen atoms in total. The highest BCUT2D eigenvalue weighted by Crippen LogP contribution is 2.34. The number of nitrogens with one attached hydrogen (secondary N) is 2. The lowest BCUT2D eigenvalue weighted by molar-refractivity contribution is -0.137. The van der Waals surface area contributed by atoms with Gasteiger partial charge < -0.3 is 10.1 Å². The third kappa shape index (κ3) is 4.94. The second-order valence-electron chi connectivity index (χ2n) is 5.51. The molecule has 0 heterocycles. The molecule has 152 valence electrons. The Hall–Kier alpha value is -2.30. The fraction of sp³-hybridized carbons (Fsp3) is 0.235. The van der Waals surface area contributed by atoms with Crippen LogP contribution in [-0.4, -0.2) is 28.0 Å². The molecule has 0 aliphatic heterocycles. The maximum absolute atomic E-state index is 12.9. The quantitative estimate of drug-likeness (QED) is 0.719. The minimum atomic E-state index is -4.62. The van der Waals surface area contributed by atoms with Crippen LogP contribution in [0.15, 0.2) is 41.3 Å². The number of amides is 1. The molecule has 0 bridgehead atoms. The minimum Gasteiger partial charge on any atom is -0.496 e. The molecule has 0 radical (unpaired) electrons. The van der Waals surface area contributed by atoms with Gasteiger partial charge in [0.25, 0.3) is 5.91 Å². The molecule has 2 aromatic rings. The van der Waals surface area contributed by atoms with E-state index in [1.165, 1.54) is 19.2 Å². The number of anilines is 1. The summed E-state index contributed by atoms with van der Waals surface area (Å²) in [6.07, 6.45) is -4.62. The third-order valence-corrected chi connectivity index (χ3v) is 5.47. The summed E-state index contributed by atoms with van der Waals surface area (Å²) in [7, 11) is -2.59. The number of hydrogen-bond donors (Lipinski definition) is 2. The zero-order chi connectivity index (χ0) is 21.1. The first-order valence-electron chi connectivity index (χ1n) is 7.85. The summed E-state index contributed by atoms with van der Waals surface area (Å²) in [5, 5.41) is 2.14. The Bertz CT molecular complexity index is 994. The van der Waals surface area contributed by atoms with Gasteiger partial charge in [-0.05, 0) is 36.4 Å². The van der Waals surface area contributed by atoms with Gasteiger partial charge in [-0.3, -0.25) is 4.79 Å². The predicted octanol–water partition coefficient (Wildman–Crippen LogP) is 3.92. The third-order valence-electron chi connectivity index (χ3n) is 3.60. The molecule has 0 atom stereocenters. The maximum atomic E-state index is 12.9. The van der Waals surface area contributed by atoms with E-state index >= 15 is 0 Å². The highest BCUT2D eigenvalue weighted by molar-refractivity contribution is 7.89. The van der Waals surface area contributed by atoms with Crippen LogP contribution in [0, 0.1) is 0 Å². The van der Waals surface area contributed by atoms with E-state index in [0.29, 0.717) is 6.07 Å². The molecule has 0 fully saturated rings. The van der Waals surface area contributed by atoms with Crippen molar-refractivity contribution in [3.63, 3.8) is 0 Å². The van der Waals surface area contributed by atoms with Gasteiger partial charge in [0.2, 0.25) is 10.0 Å². The highest BCUT2D eigenvalue weighted by Gasteiger charge is 2.31. The molecule has 2 rings (SSSR count). The number of halogens is 4. The molecule has 0 aliphatic rings. The number of hydrogen-bond acceptors (Lipinski definition) is 4. The number of carbonyl (C=O) groups excluding carboxylic acids is 1. The molecule has 1 amide bonds. The highest BCUT2D eigenvalue weighted by atomic mass is 35.5. The van der Waals surface area contributed by atoms with E-state index in [1.807, 2.05) is 0 Å². The molecule has 2 N–H and O–H groups in total. The van der Waals surface area contributed by atoms with Crippen molar-refractivity contribution in [3.8, 4) is 5.75 Å². The van der Waals surface area contributed by atoms with Crippen LogP contribution < -0.4 is 14.8 Å². The van der Waals surface area contributed by atoms with E-state index in [-0.39, 0.29) is 33.5 Å². The smallest absolute Gasteiger partial charge is 0.416 e. The van der Waals surface area contributed by atoms with Gasteiger partial charge >= 0.3 is 6.18 Å². The van der Waals surface area contributed by atoms with Crippen molar-refractivity contribution in [2.45, 2.75) is 18.0 Å². The molecule has 28 heavy (non-hydrogen) atoms. The van der Waals surface area contributed by atoms with Crippen LogP contribution >= 0.6 is 11.6 Å². The molecule has 0 aliphatic carbocycles. The fourth-order valence-electron chi connectivity index (χ4n) is 2.29. The Labute approximate surface area is 164 Å². The topological polar surface area (TPSA) is 84.5 Å². The lowest BCUT2D eigenvalue weighted by Gasteiger charge is -2.14. The first kappa shape index (κ1) is 22.0. The van der Waals surface area contributed by atoms with E-state index in [9.17, 15) is 26.4 Å². The van der Waals surface area contributed by atoms with Crippen molar-refractivity contribution in [1.82, 2.24) is 4.72 Å². The number of sulfonamides is 1. The van der Waals surface area contributed by atoms with E-state index in [0.717, 1.165) is 18.2 Å². The van der Waals surface area contributed by atoms with Gasteiger partial charge in [0.05, 0.1) is 33.8 Å². The first-order valence-corrected chi connectivity index (χ1v) is 9.71. The van der Waals surface area contributed by atoms with Crippen LogP contribution in [0.4, 0.5) is 18.9 Å². The second kappa shape index (κ2) is 8.38. The summed E-state index contributed by atoms with van der Waals surface area (Å²) < 4.78 is 70.3. The van der Waals surface area contributed by atoms with Gasteiger partial charge in [0.15, 0.2) is 0 Å². The first-order chi connectivity index (χ1) is 13.0. The van der Waals surface area contributed by atoms with E-state index in [2.05, 4.69) is 10.0 Å². The summed E-state index contributed by atoms with van der Waals surface area (Å²) in [6, 6.07) is 6.04. The van der Waals surface area contributed by atoms with Crippen LogP contribution in [0.2, 0.25) is 5.02 Å². The molecule has 0 saturated heterocycles. The molecule has 0 unspecified atom stereocenters. The fourth-order valence-corrected chi connectivity index (χ4v) is 3.52. The summed E-state index contributed by atoms with van der Waals surface area (Å²) >= 11 is 5.88. The lowest BCUT2D eigenvalue weighted by Crippen LogP contribution is -2.24. The zero-order valence-electron chi connectivity index (χ0n) is 14.7. The van der Waals surface area contributed by atoms with Gasteiger partial charge in [-0.1, -0.05) is 18.5 Å². The number of benzene rings is 2. The molecular weight excluding hydrogens is 421 g/mol. The molecule has 11 heteroatoms. The number of carbonyl (C=O) groups is 1. The van der Waals surface area contributed by atoms with Gasteiger partial charge in [0, 0.05) is 6.54 Å². The monoisotopic (exact) mass is 436 g/mol. The maximum Gasteiger partial charge on any atom is 0.416 e. The van der Waals surface area contributed by atoms with Crippen molar-refractivity contribution in [2.24, 2.45) is 0 Å². The standard InChI is InChI=1S/C17H16ClF3N2O4S/c1-3-22-28(25,26)11-5-7-15(27-2)12(9-11)16(24)23-14-8-10(17(19,20)21)4-6-13(14)18/h4-9,22H,3H2,1-2H3,(H,23,24). The normalized spacial score (nSPS) is 11.9. The lowest BCUT2D eigenvalue weighted by atomic mass is 10.1. The largest absolute Gasteiger partial charge is 0.496 e. The van der Waals surface area contributed by atoms with E-state index < -0.39 is 27.7 Å². The van der Waals surface area contributed by atoms with Crippen LogP contribution in [0.25, 0.3) is 0 Å². The summed E-state index contributed by atoms with van der Waals surface area (Å²) in [6.45, 7) is 1.72. The number of rotatable bonds is 6. The van der Waals surface area contributed by atoms with Crippen LogP contribution in [0.1, 0.15) is 22.8 Å². The van der Waals surface area contributed by atoms with Crippen LogP contribution in [-0.2, 0) is 16.2 Å². The van der Waals surface area contributed by atoms with Crippen LogP contribution in [0.5, 0.6) is 5.75 Å². The minimum absolute atomic E-state index is 0.0380. The molecule has 2 aromatic carbocycles. The molecule has 0 spiro atoms. The van der Waals surface area contributed by atoms with Crippen molar-refractivity contribution in [3.05, 3.63) is 52.5 Å². The van der Waals surface area contributed by atoms with E-state index in [1.54, 1.807) is 6.92 Å². The van der Waals surface area contributed by atoms with Crippen molar-refractivity contribution in [2.75, 3.05) is 19.0 Å². The van der Waals surface area contributed by atoms with Crippen LogP contribution in [0.3, 0.4) is 0 Å². The van der Waals surface area contributed by atoms with E-state index in [4.69, 9.17) is 16.3 Å². The number of methoxy groups -OCH3 is 1. The van der Waals surface area contributed by atoms with Crippen molar-refractivity contribution >= 4 is 33.2 Å². The molecule has 0 saturated carbocycles. The Morgan fingerprint density at radius 2 is 1.86 bits per heavy atom. The Morgan fingerprint density at radius 3 is 2.43 bits per heavy atom. The van der Waals surface area contributed by atoms with Crippen molar-refractivity contribution in [1.29, 1.82) is 0 Å². The predicted molar refractivity (Wildman–Crippen MR) is 98.3 cm³/mol. The average Bonchev–Trinajstić information content (AvgIpc) is 2.61. The Balaban J connectivity index is 2.44. The zero-order valence-corrected chi connectivity index (χ0v) is 16.3.